The lowest BCUT2D eigenvalue weighted by Gasteiger charge is -2.11. The number of halogens is 2. The van der Waals surface area contributed by atoms with Crippen molar-refractivity contribution in [3.05, 3.63) is 57.6 Å². The molecule has 6 heteroatoms. The molecule has 0 aliphatic rings. The molecule has 0 atom stereocenters. The van der Waals surface area contributed by atoms with E-state index in [2.05, 4.69) is 5.32 Å². The Morgan fingerprint density at radius 1 is 1.09 bits per heavy atom. The Labute approximate surface area is 145 Å². The van der Waals surface area contributed by atoms with Gasteiger partial charge in [-0.3, -0.25) is 4.79 Å². The van der Waals surface area contributed by atoms with Crippen LogP contribution < -0.4 is 14.8 Å². The van der Waals surface area contributed by atoms with Crippen molar-refractivity contribution in [1.29, 1.82) is 0 Å². The number of methoxy groups -OCH3 is 2. The minimum Gasteiger partial charge on any atom is -0.497 e. The average molecular weight is 354 g/mol. The maximum Gasteiger partial charge on any atom is 0.255 e. The van der Waals surface area contributed by atoms with Crippen molar-refractivity contribution < 1.29 is 14.3 Å². The Kier molecular flexibility index (Phi) is 6.13. The molecule has 4 nitrogen and oxygen atoms in total. The third kappa shape index (κ3) is 4.53. The van der Waals surface area contributed by atoms with Crippen molar-refractivity contribution in [2.45, 2.75) is 6.42 Å². The van der Waals surface area contributed by atoms with E-state index in [4.69, 9.17) is 32.7 Å². The predicted octanol–water partition coefficient (Wildman–Crippen LogP) is 3.98. The van der Waals surface area contributed by atoms with Crippen LogP contribution in [0.2, 0.25) is 10.0 Å². The van der Waals surface area contributed by atoms with E-state index < -0.39 is 0 Å². The van der Waals surface area contributed by atoms with Gasteiger partial charge in [-0.2, -0.15) is 0 Å². The Hall–Kier alpha value is -1.91. The van der Waals surface area contributed by atoms with E-state index in [0.29, 0.717) is 40.1 Å². The number of ether oxygens (including phenoxy) is 2. The van der Waals surface area contributed by atoms with E-state index >= 15 is 0 Å². The van der Waals surface area contributed by atoms with Crippen LogP contribution in [0.15, 0.2) is 36.4 Å². The van der Waals surface area contributed by atoms with E-state index in [1.165, 1.54) is 7.11 Å². The minimum atomic E-state index is -0.231. The summed E-state index contributed by atoms with van der Waals surface area (Å²) < 4.78 is 10.4. The Balaban J connectivity index is 2.02. The van der Waals surface area contributed by atoms with E-state index in [-0.39, 0.29) is 5.91 Å². The fourth-order valence-electron chi connectivity index (χ4n) is 2.12. The lowest BCUT2D eigenvalue weighted by molar-refractivity contribution is 0.0950. The second-order valence-electron chi connectivity index (χ2n) is 4.81. The molecule has 0 aliphatic heterocycles. The highest BCUT2D eigenvalue weighted by atomic mass is 35.5. The first-order chi connectivity index (χ1) is 11.0. The first kappa shape index (κ1) is 17.4. The Bertz CT molecular complexity index is 704. The van der Waals surface area contributed by atoms with Gasteiger partial charge >= 0.3 is 0 Å². The highest BCUT2D eigenvalue weighted by molar-refractivity contribution is 6.35. The van der Waals surface area contributed by atoms with Crippen LogP contribution in [-0.2, 0) is 6.42 Å². The van der Waals surface area contributed by atoms with Gasteiger partial charge in [-0.05, 0) is 42.3 Å². The van der Waals surface area contributed by atoms with Crippen LogP contribution in [0.4, 0.5) is 0 Å². The molecule has 0 fully saturated rings. The van der Waals surface area contributed by atoms with Crippen LogP contribution in [0, 0.1) is 0 Å². The zero-order valence-corrected chi connectivity index (χ0v) is 14.4. The Morgan fingerprint density at radius 3 is 2.52 bits per heavy atom. The van der Waals surface area contributed by atoms with E-state index in [1.54, 1.807) is 37.4 Å². The molecule has 0 saturated carbocycles. The van der Waals surface area contributed by atoms with Gasteiger partial charge in [-0.25, -0.2) is 0 Å². The molecule has 0 unspecified atom stereocenters. The summed E-state index contributed by atoms with van der Waals surface area (Å²) in [6.07, 6.45) is 0.605. The van der Waals surface area contributed by atoms with Crippen LogP contribution in [0.1, 0.15) is 15.9 Å². The number of benzene rings is 2. The van der Waals surface area contributed by atoms with Crippen molar-refractivity contribution in [1.82, 2.24) is 5.32 Å². The zero-order chi connectivity index (χ0) is 16.8. The third-order valence-corrected chi connectivity index (χ3v) is 3.93. The number of carbonyl (C=O) groups is 1. The molecular formula is C17H17Cl2NO3. The molecule has 0 radical (unpaired) electrons. The number of hydrogen-bond acceptors (Lipinski definition) is 3. The van der Waals surface area contributed by atoms with Crippen molar-refractivity contribution in [2.75, 3.05) is 20.8 Å². The monoisotopic (exact) mass is 353 g/mol. The highest BCUT2D eigenvalue weighted by Crippen LogP contribution is 2.24. The maximum absolute atomic E-state index is 12.3. The molecule has 0 spiro atoms. The van der Waals surface area contributed by atoms with Crippen LogP contribution in [0.5, 0.6) is 11.5 Å². The summed E-state index contributed by atoms with van der Waals surface area (Å²) in [5.74, 6) is 0.857. The summed E-state index contributed by atoms with van der Waals surface area (Å²) in [6.45, 7) is 0.445. The second kappa shape index (κ2) is 8.09. The standard InChI is InChI=1S/C17H17Cl2NO3/c1-22-13-5-6-16(23-2)14(10-13)17(21)20-8-7-11-3-4-12(18)9-15(11)19/h3-6,9-10H,7-8H2,1-2H3,(H,20,21). The molecule has 0 bridgehead atoms. The molecule has 0 aromatic heterocycles. The lowest BCUT2D eigenvalue weighted by Crippen LogP contribution is -2.26. The van der Waals surface area contributed by atoms with Gasteiger partial charge in [0.05, 0.1) is 19.8 Å². The molecule has 122 valence electrons. The fraction of sp³-hybridized carbons (Fsp3) is 0.235. The van der Waals surface area contributed by atoms with Gasteiger partial charge in [-0.1, -0.05) is 29.3 Å². The molecule has 2 rings (SSSR count). The summed E-state index contributed by atoms with van der Waals surface area (Å²) in [4.78, 5) is 12.3. The number of carbonyl (C=O) groups excluding carboxylic acids is 1. The van der Waals surface area contributed by atoms with Gasteiger partial charge in [0.25, 0.3) is 5.91 Å². The smallest absolute Gasteiger partial charge is 0.255 e. The molecule has 0 heterocycles. The summed E-state index contributed by atoms with van der Waals surface area (Å²) in [5, 5.41) is 4.02. The summed E-state index contributed by atoms with van der Waals surface area (Å²) in [6, 6.07) is 10.4. The normalized spacial score (nSPS) is 10.3. The predicted molar refractivity (Wildman–Crippen MR) is 92.0 cm³/mol. The largest absolute Gasteiger partial charge is 0.497 e. The molecular weight excluding hydrogens is 337 g/mol. The molecule has 0 saturated heterocycles. The Morgan fingerprint density at radius 2 is 1.87 bits per heavy atom. The minimum absolute atomic E-state index is 0.231. The third-order valence-electron chi connectivity index (χ3n) is 3.35. The second-order valence-corrected chi connectivity index (χ2v) is 5.65. The number of nitrogens with one attached hydrogen (secondary N) is 1. The molecule has 1 amide bonds. The van der Waals surface area contributed by atoms with E-state index in [1.807, 2.05) is 6.07 Å². The summed E-state index contributed by atoms with van der Waals surface area (Å²) >= 11 is 12.0. The van der Waals surface area contributed by atoms with E-state index in [9.17, 15) is 4.79 Å². The van der Waals surface area contributed by atoms with Gasteiger partial charge in [0.1, 0.15) is 11.5 Å². The topological polar surface area (TPSA) is 47.6 Å². The quantitative estimate of drug-likeness (QED) is 0.854. The van der Waals surface area contributed by atoms with Crippen molar-refractivity contribution in [3.8, 4) is 11.5 Å². The van der Waals surface area contributed by atoms with Gasteiger partial charge in [-0.15, -0.1) is 0 Å². The van der Waals surface area contributed by atoms with Crippen molar-refractivity contribution >= 4 is 29.1 Å². The fourth-order valence-corrected chi connectivity index (χ4v) is 2.62. The molecule has 0 aliphatic carbocycles. The summed E-state index contributed by atoms with van der Waals surface area (Å²) in [5.41, 5.74) is 1.35. The van der Waals surface area contributed by atoms with Crippen LogP contribution in [0.3, 0.4) is 0 Å². The number of rotatable bonds is 6. The van der Waals surface area contributed by atoms with E-state index in [0.717, 1.165) is 5.56 Å². The zero-order valence-electron chi connectivity index (χ0n) is 12.9. The van der Waals surface area contributed by atoms with Gasteiger partial charge in [0, 0.05) is 16.6 Å². The van der Waals surface area contributed by atoms with Crippen LogP contribution >= 0.6 is 23.2 Å². The van der Waals surface area contributed by atoms with Gasteiger partial charge in [0.15, 0.2) is 0 Å². The first-order valence-electron chi connectivity index (χ1n) is 6.99. The lowest BCUT2D eigenvalue weighted by atomic mass is 10.1. The number of amides is 1. The first-order valence-corrected chi connectivity index (χ1v) is 7.75. The average Bonchev–Trinajstić information content (AvgIpc) is 2.56. The van der Waals surface area contributed by atoms with Crippen molar-refractivity contribution in [2.24, 2.45) is 0 Å². The number of hydrogen-bond donors (Lipinski definition) is 1. The van der Waals surface area contributed by atoms with Crippen LogP contribution in [-0.4, -0.2) is 26.7 Å². The molecule has 23 heavy (non-hydrogen) atoms. The molecule has 2 aromatic rings. The molecule has 1 N–H and O–H groups in total. The highest BCUT2D eigenvalue weighted by Gasteiger charge is 2.13. The molecule has 2 aromatic carbocycles. The van der Waals surface area contributed by atoms with Gasteiger partial charge < -0.3 is 14.8 Å². The SMILES string of the molecule is COc1ccc(OC)c(C(=O)NCCc2ccc(Cl)cc2Cl)c1. The summed E-state index contributed by atoms with van der Waals surface area (Å²) in [7, 11) is 3.07. The van der Waals surface area contributed by atoms with Gasteiger partial charge in [0.2, 0.25) is 0 Å². The maximum atomic E-state index is 12.3. The van der Waals surface area contributed by atoms with Crippen LogP contribution in [0.25, 0.3) is 0 Å². The van der Waals surface area contributed by atoms with Crippen molar-refractivity contribution in [3.63, 3.8) is 0 Å².